The molecule has 0 aromatic rings. The summed E-state index contributed by atoms with van der Waals surface area (Å²) in [6.45, 7) is 6.70. The van der Waals surface area contributed by atoms with Crippen LogP contribution in [0, 0.1) is 6.92 Å². The van der Waals surface area contributed by atoms with Crippen molar-refractivity contribution in [2.45, 2.75) is 33.6 Å². The summed E-state index contributed by atoms with van der Waals surface area (Å²) in [5.74, 6) is 0. The van der Waals surface area contributed by atoms with E-state index in [1.165, 1.54) is 18.4 Å². The first-order valence-corrected chi connectivity index (χ1v) is 4.97. The molecular weight excluding hydrogens is 175 g/mol. The first kappa shape index (κ1) is 11.3. The molecule has 2 nitrogen and oxygen atoms in total. The Labute approximate surface area is 85.9 Å². The maximum absolute atomic E-state index is 7.00. The normalized spacial score (nSPS) is 10.4. The van der Waals surface area contributed by atoms with Gasteiger partial charge in [0.15, 0.2) is 0 Å². The highest BCUT2D eigenvalue weighted by Crippen LogP contribution is 2.49. The van der Waals surface area contributed by atoms with E-state index in [1.807, 2.05) is 0 Å². The lowest BCUT2D eigenvalue weighted by Gasteiger charge is -1.87. The Kier molecular flexibility index (Phi) is 3.73. The Morgan fingerprint density at radius 3 is 2.07 bits per heavy atom. The quantitative estimate of drug-likeness (QED) is 0.708. The SMILES string of the molecule is CCc1cc(C)c2c(CC)c1-2.O[B]O. The zero-order valence-corrected chi connectivity index (χ0v) is 8.96. The Morgan fingerprint density at radius 1 is 1.14 bits per heavy atom. The fourth-order valence-electron chi connectivity index (χ4n) is 2.05. The van der Waals surface area contributed by atoms with Crippen LogP contribution in [0.25, 0.3) is 11.1 Å². The average molecular weight is 191 g/mol. The number of rotatable bonds is 2. The number of benzene rings is 1. The maximum Gasteiger partial charge on any atom is 0.482 e. The molecule has 0 fully saturated rings. The molecule has 0 spiro atoms. The van der Waals surface area contributed by atoms with Crippen LogP contribution in [0.15, 0.2) is 6.07 Å². The molecule has 2 rings (SSSR count). The van der Waals surface area contributed by atoms with Gasteiger partial charge in [0.25, 0.3) is 0 Å². The van der Waals surface area contributed by atoms with Gasteiger partial charge in [-0.3, -0.25) is 0 Å². The van der Waals surface area contributed by atoms with Gasteiger partial charge < -0.3 is 10.0 Å². The third kappa shape index (κ3) is 1.84. The molecule has 0 saturated heterocycles. The van der Waals surface area contributed by atoms with E-state index in [-0.39, 0.29) is 7.69 Å². The van der Waals surface area contributed by atoms with Crippen LogP contribution in [0.2, 0.25) is 0 Å². The number of hydrogen-bond acceptors (Lipinski definition) is 2. The van der Waals surface area contributed by atoms with Gasteiger partial charge in [0.05, 0.1) is 0 Å². The van der Waals surface area contributed by atoms with Crippen molar-refractivity contribution in [1.29, 1.82) is 0 Å². The van der Waals surface area contributed by atoms with Crippen LogP contribution in [0.3, 0.4) is 0 Å². The lowest BCUT2D eigenvalue weighted by atomic mass is 10.2. The molecule has 0 bridgehead atoms. The maximum atomic E-state index is 7.00. The summed E-state index contributed by atoms with van der Waals surface area (Å²) in [6.07, 6.45) is 2.42. The van der Waals surface area contributed by atoms with E-state index in [1.54, 1.807) is 22.3 Å². The van der Waals surface area contributed by atoms with E-state index in [9.17, 15) is 0 Å². The Hall–Kier alpha value is -0.795. The summed E-state index contributed by atoms with van der Waals surface area (Å²) < 4.78 is 0. The lowest BCUT2D eigenvalue weighted by Crippen LogP contribution is -1.75. The molecule has 0 atom stereocenters. The second-order valence-corrected chi connectivity index (χ2v) is 3.40. The standard InChI is InChI=1S/C11H14.BH2O2/c1-4-8-6-7(3)10-9(5-2)11(8)10;2-1-3/h6H,4-5H2,1-3H3;2-3H. The second kappa shape index (κ2) is 4.62. The van der Waals surface area contributed by atoms with Crippen LogP contribution in [0.4, 0.5) is 0 Å². The van der Waals surface area contributed by atoms with Gasteiger partial charge in [0.2, 0.25) is 0 Å². The summed E-state index contributed by atoms with van der Waals surface area (Å²) in [6, 6.07) is 2.34. The molecule has 0 aromatic carbocycles. The predicted octanol–water partition coefficient (Wildman–Crippen LogP) is 1.61. The van der Waals surface area contributed by atoms with Crippen molar-refractivity contribution in [3.8, 4) is 11.1 Å². The highest BCUT2D eigenvalue weighted by atomic mass is 16.4. The van der Waals surface area contributed by atoms with Crippen molar-refractivity contribution in [2.24, 2.45) is 0 Å². The summed E-state index contributed by atoms with van der Waals surface area (Å²) in [5, 5.41) is 14.0. The fraction of sp³-hybridized carbons (Fsp3) is 0.455. The molecule has 3 heteroatoms. The first-order chi connectivity index (χ1) is 6.71. The number of hydrogen-bond donors (Lipinski definition) is 2. The lowest BCUT2D eigenvalue weighted by molar-refractivity contribution is 0.448. The second-order valence-electron chi connectivity index (χ2n) is 3.40. The van der Waals surface area contributed by atoms with Crippen LogP contribution in [0.1, 0.15) is 30.5 Å². The highest BCUT2D eigenvalue weighted by molar-refractivity contribution is 6.13. The third-order valence-corrected chi connectivity index (χ3v) is 2.63. The van der Waals surface area contributed by atoms with Crippen molar-refractivity contribution in [3.63, 3.8) is 0 Å². The van der Waals surface area contributed by atoms with E-state index in [0.29, 0.717) is 0 Å². The van der Waals surface area contributed by atoms with Gasteiger partial charge in [-0.2, -0.15) is 0 Å². The highest BCUT2D eigenvalue weighted by Gasteiger charge is 2.28. The minimum absolute atomic E-state index is 0. The molecule has 14 heavy (non-hydrogen) atoms. The zero-order valence-electron chi connectivity index (χ0n) is 8.96. The Morgan fingerprint density at radius 2 is 1.71 bits per heavy atom. The van der Waals surface area contributed by atoms with Gasteiger partial charge in [0, 0.05) is 0 Å². The van der Waals surface area contributed by atoms with E-state index in [2.05, 4.69) is 26.8 Å². The molecule has 2 aliphatic rings. The summed E-state index contributed by atoms with van der Waals surface area (Å²) >= 11 is 0. The largest absolute Gasteiger partial charge is 0.482 e. The van der Waals surface area contributed by atoms with Crippen LogP contribution in [-0.2, 0) is 12.8 Å². The average Bonchev–Trinajstić information content (AvgIpc) is 2.81. The van der Waals surface area contributed by atoms with Crippen molar-refractivity contribution in [3.05, 3.63) is 22.8 Å². The van der Waals surface area contributed by atoms with Gasteiger partial charge >= 0.3 is 7.69 Å². The topological polar surface area (TPSA) is 40.5 Å². The van der Waals surface area contributed by atoms with Crippen LogP contribution in [0.5, 0.6) is 0 Å². The monoisotopic (exact) mass is 191 g/mol. The Balaban J connectivity index is 0.000000293. The minimum Gasteiger partial charge on any atom is -0.429 e. The van der Waals surface area contributed by atoms with Gasteiger partial charge in [0.1, 0.15) is 0 Å². The predicted molar refractivity (Wildman–Crippen MR) is 59.1 cm³/mol. The van der Waals surface area contributed by atoms with E-state index >= 15 is 0 Å². The number of aryl methyl sites for hydroxylation is 3. The van der Waals surface area contributed by atoms with Crippen molar-refractivity contribution < 1.29 is 10.0 Å². The minimum atomic E-state index is 0. The van der Waals surface area contributed by atoms with E-state index < -0.39 is 0 Å². The molecule has 1 radical (unpaired) electrons. The van der Waals surface area contributed by atoms with Crippen LogP contribution < -0.4 is 0 Å². The van der Waals surface area contributed by atoms with Crippen molar-refractivity contribution in [1.82, 2.24) is 0 Å². The first-order valence-electron chi connectivity index (χ1n) is 4.97. The molecule has 75 valence electrons. The van der Waals surface area contributed by atoms with Gasteiger partial charge in [-0.15, -0.1) is 0 Å². The molecule has 0 aromatic heterocycles. The molecule has 0 unspecified atom stereocenters. The summed E-state index contributed by atoms with van der Waals surface area (Å²) in [7, 11) is 0. The van der Waals surface area contributed by atoms with Gasteiger partial charge in [-0.25, -0.2) is 0 Å². The number of fused-ring (bicyclic) bond motifs is 1. The van der Waals surface area contributed by atoms with Crippen LogP contribution in [-0.4, -0.2) is 17.7 Å². The molecule has 0 saturated carbocycles. The van der Waals surface area contributed by atoms with Gasteiger partial charge in [-0.05, 0) is 47.6 Å². The third-order valence-electron chi connectivity index (χ3n) is 2.63. The fourth-order valence-corrected chi connectivity index (χ4v) is 2.05. The van der Waals surface area contributed by atoms with E-state index in [0.717, 1.165) is 0 Å². The van der Waals surface area contributed by atoms with E-state index in [4.69, 9.17) is 10.0 Å². The Bertz CT molecular complexity index is 335. The molecular formula is C11H16BO2. The summed E-state index contributed by atoms with van der Waals surface area (Å²) in [5.41, 5.74) is 7.88. The van der Waals surface area contributed by atoms with Crippen LogP contribution >= 0.6 is 0 Å². The van der Waals surface area contributed by atoms with Crippen molar-refractivity contribution >= 4 is 7.69 Å². The smallest absolute Gasteiger partial charge is 0.429 e. The molecule has 2 aliphatic carbocycles. The molecule has 0 heterocycles. The molecule has 0 aliphatic heterocycles. The molecule has 0 amide bonds. The van der Waals surface area contributed by atoms with Gasteiger partial charge in [-0.1, -0.05) is 19.9 Å². The molecule has 2 N–H and O–H groups in total. The zero-order chi connectivity index (χ0) is 10.7. The summed E-state index contributed by atoms with van der Waals surface area (Å²) in [4.78, 5) is 0. The van der Waals surface area contributed by atoms with Crippen molar-refractivity contribution in [2.75, 3.05) is 0 Å².